The number of carbonyl (C=O) groups is 3. The van der Waals surface area contributed by atoms with Crippen LogP contribution in [0.4, 0.5) is 4.79 Å². The Morgan fingerprint density at radius 1 is 1.38 bits per heavy atom. The molecule has 0 aromatic heterocycles. The molecule has 0 aromatic rings. The molecule has 0 bridgehead atoms. The van der Waals surface area contributed by atoms with Gasteiger partial charge in [0, 0.05) is 19.6 Å². The number of aliphatic carboxylic acids is 1. The van der Waals surface area contributed by atoms with E-state index in [0.29, 0.717) is 38.4 Å². The quantitative estimate of drug-likeness (QED) is 0.777. The Morgan fingerprint density at radius 2 is 2.14 bits per heavy atom. The number of carboxylic acid groups (broad SMARTS) is 1. The first-order valence-corrected chi connectivity index (χ1v) is 7.58. The van der Waals surface area contributed by atoms with Gasteiger partial charge in [0.25, 0.3) is 0 Å². The van der Waals surface area contributed by atoms with Crippen LogP contribution < -0.4 is 5.32 Å². The summed E-state index contributed by atoms with van der Waals surface area (Å²) in [5.74, 6) is -0.792. The average molecular weight is 297 g/mol. The fraction of sp³-hybridized carbons (Fsp3) is 0.786. The van der Waals surface area contributed by atoms with Gasteiger partial charge in [0.2, 0.25) is 5.91 Å². The summed E-state index contributed by atoms with van der Waals surface area (Å²) >= 11 is 0. The van der Waals surface area contributed by atoms with E-state index in [1.165, 1.54) is 9.80 Å². The van der Waals surface area contributed by atoms with E-state index >= 15 is 0 Å². The van der Waals surface area contributed by atoms with Crippen molar-refractivity contribution in [1.29, 1.82) is 0 Å². The molecule has 2 unspecified atom stereocenters. The highest BCUT2D eigenvalue weighted by Crippen LogP contribution is 2.26. The van der Waals surface area contributed by atoms with Crippen LogP contribution in [0, 0.1) is 5.92 Å². The summed E-state index contributed by atoms with van der Waals surface area (Å²) in [6.45, 7) is 3.55. The fourth-order valence-electron chi connectivity index (χ4n) is 3.02. The molecule has 118 valence electrons. The van der Waals surface area contributed by atoms with Crippen LogP contribution in [-0.4, -0.2) is 65.0 Å². The molecule has 2 rings (SSSR count). The molecule has 3 amide bonds. The summed E-state index contributed by atoms with van der Waals surface area (Å²) in [7, 11) is 0. The largest absolute Gasteiger partial charge is 0.480 e. The first kappa shape index (κ1) is 15.6. The molecule has 0 saturated carbocycles. The Bertz CT molecular complexity index is 426. The number of piperidine rings is 1. The second kappa shape index (κ2) is 6.78. The predicted molar refractivity (Wildman–Crippen MR) is 75.7 cm³/mol. The standard InChI is InChI=1S/C14H23N3O4/c1-2-10-4-7-17(11(8-10)13(19)20)14(21)16-6-3-5-15-12(18)9-16/h10-11H,2-9H2,1H3,(H,15,18)(H,19,20). The molecule has 2 aliphatic heterocycles. The van der Waals surface area contributed by atoms with Crippen molar-refractivity contribution in [1.82, 2.24) is 15.1 Å². The molecule has 2 fully saturated rings. The maximum Gasteiger partial charge on any atom is 0.326 e. The summed E-state index contributed by atoms with van der Waals surface area (Å²) in [4.78, 5) is 38.5. The van der Waals surface area contributed by atoms with Gasteiger partial charge in [-0.25, -0.2) is 9.59 Å². The minimum atomic E-state index is -0.958. The molecular weight excluding hydrogens is 274 g/mol. The van der Waals surface area contributed by atoms with Gasteiger partial charge in [0.1, 0.15) is 12.6 Å². The lowest BCUT2D eigenvalue weighted by molar-refractivity contribution is -0.144. The minimum Gasteiger partial charge on any atom is -0.480 e. The first-order chi connectivity index (χ1) is 10.0. The molecule has 7 nitrogen and oxygen atoms in total. The number of nitrogens with zero attached hydrogens (tertiary/aromatic N) is 2. The highest BCUT2D eigenvalue weighted by atomic mass is 16.4. The second-order valence-corrected chi connectivity index (χ2v) is 5.75. The number of nitrogens with one attached hydrogen (secondary N) is 1. The van der Waals surface area contributed by atoms with Gasteiger partial charge in [-0.05, 0) is 25.2 Å². The summed E-state index contributed by atoms with van der Waals surface area (Å²) in [5.41, 5.74) is 0. The van der Waals surface area contributed by atoms with Crippen molar-refractivity contribution >= 4 is 17.9 Å². The van der Waals surface area contributed by atoms with Gasteiger partial charge in [-0.2, -0.15) is 0 Å². The third kappa shape index (κ3) is 3.65. The van der Waals surface area contributed by atoms with Gasteiger partial charge in [0.15, 0.2) is 0 Å². The van der Waals surface area contributed by atoms with Crippen LogP contribution in [0.2, 0.25) is 0 Å². The molecule has 0 aromatic carbocycles. The van der Waals surface area contributed by atoms with Crippen LogP contribution in [0.15, 0.2) is 0 Å². The molecule has 2 N–H and O–H groups in total. The van der Waals surface area contributed by atoms with Crippen molar-refractivity contribution in [3.05, 3.63) is 0 Å². The Labute approximate surface area is 124 Å². The average Bonchev–Trinajstić information content (AvgIpc) is 2.70. The van der Waals surface area contributed by atoms with E-state index in [0.717, 1.165) is 12.8 Å². The Balaban J connectivity index is 2.08. The van der Waals surface area contributed by atoms with Crippen molar-refractivity contribution in [2.24, 2.45) is 5.92 Å². The van der Waals surface area contributed by atoms with Crippen LogP contribution in [-0.2, 0) is 9.59 Å². The Kier molecular flexibility index (Phi) is 5.03. The molecule has 0 radical (unpaired) electrons. The van der Waals surface area contributed by atoms with Crippen molar-refractivity contribution in [3.8, 4) is 0 Å². The maximum atomic E-state index is 12.6. The van der Waals surface area contributed by atoms with E-state index in [1.54, 1.807) is 0 Å². The Hall–Kier alpha value is -1.79. The molecule has 0 spiro atoms. The van der Waals surface area contributed by atoms with Crippen molar-refractivity contribution in [3.63, 3.8) is 0 Å². The first-order valence-electron chi connectivity index (χ1n) is 7.58. The van der Waals surface area contributed by atoms with Crippen LogP contribution in [0.25, 0.3) is 0 Å². The number of likely N-dealkylation sites (tertiary alicyclic amines) is 1. The van der Waals surface area contributed by atoms with E-state index in [9.17, 15) is 19.5 Å². The molecule has 21 heavy (non-hydrogen) atoms. The van der Waals surface area contributed by atoms with Crippen molar-refractivity contribution in [2.75, 3.05) is 26.2 Å². The van der Waals surface area contributed by atoms with Crippen LogP contribution >= 0.6 is 0 Å². The lowest BCUT2D eigenvalue weighted by atomic mass is 9.89. The topological polar surface area (TPSA) is 90.0 Å². The monoisotopic (exact) mass is 297 g/mol. The third-order valence-corrected chi connectivity index (χ3v) is 4.35. The van der Waals surface area contributed by atoms with E-state index in [4.69, 9.17) is 0 Å². The van der Waals surface area contributed by atoms with Gasteiger partial charge >= 0.3 is 12.0 Å². The predicted octanol–water partition coefficient (Wildman–Crippen LogP) is 0.504. The van der Waals surface area contributed by atoms with E-state index < -0.39 is 12.0 Å². The molecular formula is C14H23N3O4. The molecule has 2 aliphatic rings. The van der Waals surface area contributed by atoms with Crippen LogP contribution in [0.3, 0.4) is 0 Å². The number of rotatable bonds is 2. The summed E-state index contributed by atoms with van der Waals surface area (Å²) < 4.78 is 0. The van der Waals surface area contributed by atoms with E-state index in [2.05, 4.69) is 5.32 Å². The lowest BCUT2D eigenvalue weighted by Crippen LogP contribution is -2.55. The second-order valence-electron chi connectivity index (χ2n) is 5.75. The smallest absolute Gasteiger partial charge is 0.326 e. The van der Waals surface area contributed by atoms with Gasteiger partial charge in [-0.3, -0.25) is 4.79 Å². The van der Waals surface area contributed by atoms with Crippen molar-refractivity contribution < 1.29 is 19.5 Å². The van der Waals surface area contributed by atoms with Gasteiger partial charge in [0.05, 0.1) is 0 Å². The summed E-state index contributed by atoms with van der Waals surface area (Å²) in [6.07, 6.45) is 2.95. The summed E-state index contributed by atoms with van der Waals surface area (Å²) in [5, 5.41) is 12.1. The van der Waals surface area contributed by atoms with Crippen LogP contribution in [0.1, 0.15) is 32.6 Å². The normalized spacial score (nSPS) is 27.0. The third-order valence-electron chi connectivity index (χ3n) is 4.35. The molecule has 7 heteroatoms. The van der Waals surface area contributed by atoms with Gasteiger partial charge < -0.3 is 20.2 Å². The molecule has 2 heterocycles. The van der Waals surface area contributed by atoms with E-state index in [1.807, 2.05) is 6.92 Å². The lowest BCUT2D eigenvalue weighted by Gasteiger charge is -2.39. The number of carbonyl (C=O) groups excluding carboxylic acids is 2. The van der Waals surface area contributed by atoms with Crippen LogP contribution in [0.5, 0.6) is 0 Å². The van der Waals surface area contributed by atoms with Crippen molar-refractivity contribution in [2.45, 2.75) is 38.6 Å². The number of urea groups is 1. The number of amides is 3. The number of hydrogen-bond acceptors (Lipinski definition) is 3. The molecule has 2 atom stereocenters. The SMILES string of the molecule is CCC1CCN(C(=O)N2CCCNC(=O)C2)C(C(=O)O)C1. The molecule has 0 aliphatic carbocycles. The Morgan fingerprint density at radius 3 is 2.81 bits per heavy atom. The minimum absolute atomic E-state index is 0.0128. The number of carboxylic acids is 1. The van der Waals surface area contributed by atoms with Gasteiger partial charge in [-0.15, -0.1) is 0 Å². The zero-order valence-corrected chi connectivity index (χ0v) is 12.4. The maximum absolute atomic E-state index is 12.6. The highest BCUT2D eigenvalue weighted by molar-refractivity contribution is 5.87. The number of hydrogen-bond donors (Lipinski definition) is 2. The highest BCUT2D eigenvalue weighted by Gasteiger charge is 2.38. The zero-order chi connectivity index (χ0) is 15.4. The van der Waals surface area contributed by atoms with Gasteiger partial charge in [-0.1, -0.05) is 13.3 Å². The summed E-state index contributed by atoms with van der Waals surface area (Å²) in [6, 6.07) is -1.10. The molecule has 2 saturated heterocycles. The fourth-order valence-corrected chi connectivity index (χ4v) is 3.02. The van der Waals surface area contributed by atoms with E-state index in [-0.39, 0.29) is 18.5 Å². The zero-order valence-electron chi connectivity index (χ0n) is 12.4.